The summed E-state index contributed by atoms with van der Waals surface area (Å²) in [6.45, 7) is -0.292. The Hall–Kier alpha value is -0.780. The number of hydrogen-bond acceptors (Lipinski definition) is 5. The first-order valence-electron chi connectivity index (χ1n) is 3.46. The fraction of sp³-hybridized carbons (Fsp3) is 0.714. The van der Waals surface area contributed by atoms with Crippen molar-refractivity contribution >= 4 is 12.1 Å². The molecule has 0 rings (SSSR count). The van der Waals surface area contributed by atoms with Crippen LogP contribution in [-0.2, 0) is 14.3 Å². The van der Waals surface area contributed by atoms with Gasteiger partial charge in [0.1, 0.15) is 6.10 Å². The van der Waals surface area contributed by atoms with Gasteiger partial charge in [-0.1, -0.05) is 0 Å². The summed E-state index contributed by atoms with van der Waals surface area (Å²) in [5.41, 5.74) is 0. The molecule has 0 amide bonds. The van der Waals surface area contributed by atoms with Crippen molar-refractivity contribution in [1.29, 1.82) is 0 Å². The summed E-state index contributed by atoms with van der Waals surface area (Å²) in [6, 6.07) is 0. The smallest absolute Gasteiger partial charge is 0.223 e. The molecule has 0 saturated carbocycles. The Morgan fingerprint density at radius 2 is 2.25 bits per heavy atom. The number of aldehydes is 1. The van der Waals surface area contributed by atoms with Crippen molar-refractivity contribution < 1.29 is 24.5 Å². The molecular weight excluding hydrogens is 164 g/mol. The van der Waals surface area contributed by atoms with E-state index in [1.807, 2.05) is 0 Å². The maximum absolute atomic E-state index is 10.5. The third kappa shape index (κ3) is 3.56. The minimum atomic E-state index is -1.38. The Morgan fingerprint density at radius 3 is 2.58 bits per heavy atom. The molecule has 12 heavy (non-hydrogen) atoms. The summed E-state index contributed by atoms with van der Waals surface area (Å²) in [5.74, 6) is -0.898. The zero-order valence-electron chi connectivity index (χ0n) is 6.77. The monoisotopic (exact) mass is 176 g/mol. The van der Waals surface area contributed by atoms with E-state index in [1.165, 1.54) is 7.11 Å². The van der Waals surface area contributed by atoms with Crippen molar-refractivity contribution in [2.75, 3.05) is 13.7 Å². The van der Waals surface area contributed by atoms with Gasteiger partial charge < -0.3 is 14.9 Å². The molecule has 5 heteroatoms. The largest absolute Gasteiger partial charge is 0.394 e. The molecule has 0 aromatic carbocycles. The molecule has 0 radical (unpaired) electrons. The van der Waals surface area contributed by atoms with Crippen LogP contribution >= 0.6 is 0 Å². The summed E-state index contributed by atoms with van der Waals surface area (Å²) in [5, 5.41) is 17.6. The van der Waals surface area contributed by atoms with Crippen molar-refractivity contribution in [3.63, 3.8) is 0 Å². The predicted octanol–water partition coefficient (Wildman–Crippen LogP) is -1.49. The number of hydrogen-bond donors (Lipinski definition) is 2. The number of methoxy groups -OCH3 is 1. The highest BCUT2D eigenvalue weighted by atomic mass is 16.5. The number of aliphatic hydroxyl groups excluding tert-OH is 2. The average molecular weight is 176 g/mol. The molecule has 5 nitrogen and oxygen atoms in total. The van der Waals surface area contributed by atoms with E-state index < -0.39 is 18.0 Å². The van der Waals surface area contributed by atoms with Crippen LogP contribution < -0.4 is 0 Å². The van der Waals surface area contributed by atoms with Crippen molar-refractivity contribution in [1.82, 2.24) is 0 Å². The van der Waals surface area contributed by atoms with Gasteiger partial charge in [0.2, 0.25) is 5.78 Å². The minimum Gasteiger partial charge on any atom is -0.394 e. The van der Waals surface area contributed by atoms with E-state index in [2.05, 4.69) is 4.74 Å². The first-order valence-corrected chi connectivity index (χ1v) is 3.46. The van der Waals surface area contributed by atoms with E-state index >= 15 is 0 Å². The topological polar surface area (TPSA) is 83.8 Å². The third-order valence-electron chi connectivity index (χ3n) is 1.47. The highest BCUT2D eigenvalue weighted by Crippen LogP contribution is 2.01. The highest BCUT2D eigenvalue weighted by Gasteiger charge is 2.18. The molecule has 0 aliphatic heterocycles. The molecule has 0 saturated heterocycles. The molecule has 2 unspecified atom stereocenters. The fourth-order valence-corrected chi connectivity index (χ4v) is 0.689. The van der Waals surface area contributed by atoms with Gasteiger partial charge in [0, 0.05) is 13.5 Å². The SMILES string of the molecule is COC(CO)CC(O)C(=O)C=O. The van der Waals surface area contributed by atoms with Crippen molar-refractivity contribution in [3.8, 4) is 0 Å². The van der Waals surface area contributed by atoms with Gasteiger partial charge in [-0.25, -0.2) is 0 Å². The van der Waals surface area contributed by atoms with Crippen molar-refractivity contribution in [2.24, 2.45) is 0 Å². The molecule has 2 N–H and O–H groups in total. The molecule has 0 fully saturated rings. The van der Waals surface area contributed by atoms with Gasteiger partial charge >= 0.3 is 0 Å². The molecule has 0 aromatic rings. The second-order valence-electron chi connectivity index (χ2n) is 2.31. The molecule has 0 aromatic heterocycles. The molecule has 0 aliphatic carbocycles. The number of carbonyl (C=O) groups excluding carboxylic acids is 2. The zero-order chi connectivity index (χ0) is 9.56. The van der Waals surface area contributed by atoms with Crippen LogP contribution in [0.15, 0.2) is 0 Å². The number of aliphatic hydroxyl groups is 2. The lowest BCUT2D eigenvalue weighted by molar-refractivity contribution is -0.137. The van der Waals surface area contributed by atoms with Crippen LogP contribution in [0, 0.1) is 0 Å². The first kappa shape index (κ1) is 11.2. The van der Waals surface area contributed by atoms with Gasteiger partial charge in [-0.05, 0) is 0 Å². The predicted molar refractivity (Wildman–Crippen MR) is 39.6 cm³/mol. The molecule has 0 heterocycles. The van der Waals surface area contributed by atoms with Crippen molar-refractivity contribution in [3.05, 3.63) is 0 Å². The summed E-state index contributed by atoms with van der Waals surface area (Å²) in [7, 11) is 1.35. The lowest BCUT2D eigenvalue weighted by Gasteiger charge is -2.13. The van der Waals surface area contributed by atoms with E-state index in [9.17, 15) is 9.59 Å². The lowest BCUT2D eigenvalue weighted by Crippen LogP contribution is -2.29. The Balaban J connectivity index is 3.88. The van der Waals surface area contributed by atoms with E-state index in [0.29, 0.717) is 0 Å². The van der Waals surface area contributed by atoms with E-state index in [-0.39, 0.29) is 19.3 Å². The zero-order valence-corrected chi connectivity index (χ0v) is 6.77. The number of Topliss-reactive ketones (excluding diaryl/α,β-unsaturated/α-hetero) is 1. The van der Waals surface area contributed by atoms with Crippen molar-refractivity contribution in [2.45, 2.75) is 18.6 Å². The van der Waals surface area contributed by atoms with Gasteiger partial charge in [-0.2, -0.15) is 0 Å². The second kappa shape index (κ2) is 5.82. The van der Waals surface area contributed by atoms with E-state index in [1.54, 1.807) is 0 Å². The molecule has 0 aliphatic rings. The summed E-state index contributed by atoms with van der Waals surface area (Å²) >= 11 is 0. The van der Waals surface area contributed by atoms with Crippen LogP contribution in [0.2, 0.25) is 0 Å². The Bertz CT molecular complexity index is 152. The van der Waals surface area contributed by atoms with E-state index in [4.69, 9.17) is 10.2 Å². The number of ketones is 1. The molecule has 0 spiro atoms. The lowest BCUT2D eigenvalue weighted by atomic mass is 10.1. The third-order valence-corrected chi connectivity index (χ3v) is 1.47. The Kier molecular flexibility index (Phi) is 5.44. The first-order chi connectivity index (χ1) is 5.65. The number of ether oxygens (including phenoxy) is 1. The average Bonchev–Trinajstić information content (AvgIpc) is 2.12. The molecular formula is C7H12O5. The van der Waals surface area contributed by atoms with Crippen LogP contribution in [0.3, 0.4) is 0 Å². The van der Waals surface area contributed by atoms with Crippen LogP contribution in [0.5, 0.6) is 0 Å². The quantitative estimate of drug-likeness (QED) is 0.380. The molecule has 0 bridgehead atoms. The van der Waals surface area contributed by atoms with E-state index in [0.717, 1.165) is 0 Å². The maximum Gasteiger partial charge on any atom is 0.223 e. The summed E-state index contributed by atoms with van der Waals surface area (Å²) in [6.07, 6.45) is -2.00. The Labute approximate surface area is 70.0 Å². The van der Waals surface area contributed by atoms with Gasteiger partial charge in [-0.15, -0.1) is 0 Å². The molecule has 70 valence electrons. The molecule has 2 atom stereocenters. The normalized spacial score (nSPS) is 15.2. The second-order valence-corrected chi connectivity index (χ2v) is 2.31. The maximum atomic E-state index is 10.5. The number of rotatable bonds is 6. The van der Waals surface area contributed by atoms with Crippen LogP contribution in [0.4, 0.5) is 0 Å². The number of carbonyl (C=O) groups is 2. The van der Waals surface area contributed by atoms with Gasteiger partial charge in [0.05, 0.1) is 12.7 Å². The van der Waals surface area contributed by atoms with Gasteiger partial charge in [0.25, 0.3) is 0 Å². The summed E-state index contributed by atoms with van der Waals surface area (Å²) < 4.78 is 4.69. The fourth-order valence-electron chi connectivity index (χ4n) is 0.689. The van der Waals surface area contributed by atoms with Gasteiger partial charge in [-0.3, -0.25) is 9.59 Å². The summed E-state index contributed by atoms with van der Waals surface area (Å²) in [4.78, 5) is 20.4. The van der Waals surface area contributed by atoms with Crippen LogP contribution in [0.25, 0.3) is 0 Å². The standard InChI is InChI=1S/C7H12O5/c1-12-5(3-8)2-6(10)7(11)4-9/h4-6,8,10H,2-3H2,1H3. The minimum absolute atomic E-state index is 0.0504. The van der Waals surface area contributed by atoms with Crippen LogP contribution in [-0.4, -0.2) is 48.2 Å². The Morgan fingerprint density at radius 1 is 1.67 bits per heavy atom. The highest BCUT2D eigenvalue weighted by molar-refractivity contribution is 6.26. The van der Waals surface area contributed by atoms with Crippen LogP contribution in [0.1, 0.15) is 6.42 Å². The van der Waals surface area contributed by atoms with Gasteiger partial charge in [0.15, 0.2) is 6.29 Å².